The van der Waals surface area contributed by atoms with Gasteiger partial charge in [-0.2, -0.15) is 0 Å². The Bertz CT molecular complexity index is 1500. The zero-order chi connectivity index (χ0) is 29.1. The first-order valence-electron chi connectivity index (χ1n) is 13.4. The molecule has 212 valence electrons. The molecule has 2 N–H and O–H groups in total. The smallest absolute Gasteiger partial charge is 0.414 e. The van der Waals surface area contributed by atoms with Gasteiger partial charge in [0.05, 0.1) is 23.5 Å². The van der Waals surface area contributed by atoms with Gasteiger partial charge in [0, 0.05) is 41.1 Å². The summed E-state index contributed by atoms with van der Waals surface area (Å²) in [6, 6.07) is 20.3. The molecule has 41 heavy (non-hydrogen) atoms. The SMILES string of the molecule is CC(=O)N(CCCN(C)C)c1ccc(NC(=C2C(=O)Nc3cc(Cl)ccc32)c2ccc(N3CCOC3=O)cc2)cc1. The Morgan fingerprint density at radius 3 is 2.39 bits per heavy atom. The molecule has 0 saturated carbocycles. The maximum absolute atomic E-state index is 13.3. The van der Waals surface area contributed by atoms with Gasteiger partial charge in [-0.15, -0.1) is 0 Å². The number of ether oxygens (including phenoxy) is 1. The molecule has 3 aromatic rings. The van der Waals surface area contributed by atoms with Gasteiger partial charge < -0.3 is 25.2 Å². The molecule has 2 aliphatic rings. The second-order valence-electron chi connectivity index (χ2n) is 10.2. The van der Waals surface area contributed by atoms with E-state index in [1.165, 1.54) is 0 Å². The number of amides is 3. The molecule has 1 fully saturated rings. The number of anilines is 4. The van der Waals surface area contributed by atoms with E-state index in [-0.39, 0.29) is 17.9 Å². The highest BCUT2D eigenvalue weighted by Crippen LogP contribution is 2.39. The second kappa shape index (κ2) is 12.0. The fourth-order valence-electron chi connectivity index (χ4n) is 4.99. The molecule has 0 aliphatic carbocycles. The van der Waals surface area contributed by atoms with Gasteiger partial charge in [0.15, 0.2) is 0 Å². The minimum Gasteiger partial charge on any atom is -0.447 e. The summed E-state index contributed by atoms with van der Waals surface area (Å²) in [6.45, 7) is 3.90. The minimum atomic E-state index is -0.378. The summed E-state index contributed by atoms with van der Waals surface area (Å²) in [4.78, 5) is 43.1. The zero-order valence-corrected chi connectivity index (χ0v) is 24.0. The highest BCUT2D eigenvalue weighted by atomic mass is 35.5. The third-order valence-corrected chi connectivity index (χ3v) is 7.26. The number of rotatable bonds is 9. The van der Waals surface area contributed by atoms with E-state index in [1.54, 1.807) is 28.9 Å². The van der Waals surface area contributed by atoms with Crippen molar-refractivity contribution in [1.29, 1.82) is 0 Å². The normalized spacial score (nSPS) is 15.5. The van der Waals surface area contributed by atoms with Crippen LogP contribution >= 0.6 is 11.6 Å². The van der Waals surface area contributed by atoms with Crippen molar-refractivity contribution in [2.45, 2.75) is 13.3 Å². The molecule has 2 aliphatic heterocycles. The zero-order valence-electron chi connectivity index (χ0n) is 23.2. The number of carbonyl (C=O) groups is 3. The molecule has 3 aromatic carbocycles. The molecule has 0 spiro atoms. The Kier molecular flexibility index (Phi) is 8.28. The summed E-state index contributed by atoms with van der Waals surface area (Å²) in [7, 11) is 4.02. The molecule has 0 radical (unpaired) electrons. The molecule has 10 heteroatoms. The number of fused-ring (bicyclic) bond motifs is 1. The lowest BCUT2D eigenvalue weighted by atomic mass is 9.99. The van der Waals surface area contributed by atoms with Gasteiger partial charge in [-0.3, -0.25) is 14.5 Å². The molecule has 1 saturated heterocycles. The van der Waals surface area contributed by atoms with Crippen LogP contribution in [0.1, 0.15) is 24.5 Å². The van der Waals surface area contributed by atoms with Crippen molar-refractivity contribution in [2.75, 3.05) is 60.8 Å². The topological polar surface area (TPSA) is 94.2 Å². The Balaban J connectivity index is 1.49. The molecule has 0 aromatic heterocycles. The fourth-order valence-corrected chi connectivity index (χ4v) is 5.16. The van der Waals surface area contributed by atoms with Gasteiger partial charge in [0.2, 0.25) is 5.91 Å². The summed E-state index contributed by atoms with van der Waals surface area (Å²) in [5.41, 5.74) is 5.46. The molecule has 5 rings (SSSR count). The third-order valence-electron chi connectivity index (χ3n) is 7.02. The van der Waals surface area contributed by atoms with E-state index in [0.717, 1.165) is 35.5 Å². The van der Waals surface area contributed by atoms with Gasteiger partial charge in [0.1, 0.15) is 6.61 Å². The van der Waals surface area contributed by atoms with Crippen molar-refractivity contribution >= 4 is 63.5 Å². The minimum absolute atomic E-state index is 0.0212. The number of cyclic esters (lactones) is 1. The van der Waals surface area contributed by atoms with E-state index >= 15 is 0 Å². The maximum atomic E-state index is 13.3. The number of hydrogen-bond acceptors (Lipinski definition) is 6. The Hall–Kier alpha value is -4.34. The molecule has 2 heterocycles. The number of hydrogen-bond donors (Lipinski definition) is 2. The summed E-state index contributed by atoms with van der Waals surface area (Å²) < 4.78 is 5.07. The van der Waals surface area contributed by atoms with Gasteiger partial charge >= 0.3 is 6.09 Å². The average Bonchev–Trinajstić information content (AvgIpc) is 3.51. The standard InChI is InChI=1S/C31H32ClN5O4/c1-20(38)36(16-4-15-35(2)3)24-12-8-23(9-13-24)33-29(28-26-14-7-22(32)19-27(26)34-30(28)39)21-5-10-25(11-6-21)37-17-18-41-31(37)40/h5-14,19,33H,4,15-18H2,1-3H3,(H,34,39). The monoisotopic (exact) mass is 573 g/mol. The van der Waals surface area contributed by atoms with Crippen molar-refractivity contribution in [1.82, 2.24) is 4.90 Å². The number of halogens is 1. The highest BCUT2D eigenvalue weighted by molar-refractivity contribution is 6.38. The van der Waals surface area contributed by atoms with Crippen LogP contribution in [0.4, 0.5) is 27.5 Å². The van der Waals surface area contributed by atoms with Crippen molar-refractivity contribution in [3.8, 4) is 0 Å². The quantitative estimate of drug-likeness (QED) is 0.327. The van der Waals surface area contributed by atoms with Gasteiger partial charge in [-0.05, 0) is 81.2 Å². The van der Waals surface area contributed by atoms with E-state index in [4.69, 9.17) is 16.3 Å². The van der Waals surface area contributed by atoms with E-state index in [1.807, 2.05) is 68.7 Å². The number of carbonyl (C=O) groups excluding carboxylic acids is 3. The fraction of sp³-hybridized carbons (Fsp3) is 0.258. The number of benzene rings is 3. The van der Waals surface area contributed by atoms with Crippen LogP contribution in [0, 0.1) is 0 Å². The van der Waals surface area contributed by atoms with Crippen LogP contribution in [0.3, 0.4) is 0 Å². The van der Waals surface area contributed by atoms with Crippen LogP contribution in [-0.2, 0) is 14.3 Å². The van der Waals surface area contributed by atoms with Crippen LogP contribution in [0.25, 0.3) is 11.3 Å². The summed E-state index contributed by atoms with van der Waals surface area (Å²) in [6.07, 6.45) is 0.476. The van der Waals surface area contributed by atoms with E-state index in [9.17, 15) is 14.4 Å². The molecule has 0 bridgehead atoms. The van der Waals surface area contributed by atoms with Crippen molar-refractivity contribution in [3.63, 3.8) is 0 Å². The second-order valence-corrected chi connectivity index (χ2v) is 10.6. The first-order chi connectivity index (χ1) is 19.7. The average molecular weight is 574 g/mol. The van der Waals surface area contributed by atoms with Gasteiger partial charge in [-0.25, -0.2) is 4.79 Å². The highest BCUT2D eigenvalue weighted by Gasteiger charge is 2.29. The lowest BCUT2D eigenvalue weighted by Crippen LogP contribution is -2.31. The van der Waals surface area contributed by atoms with Gasteiger partial charge in [-0.1, -0.05) is 29.8 Å². The lowest BCUT2D eigenvalue weighted by molar-refractivity contribution is -0.116. The lowest BCUT2D eigenvalue weighted by Gasteiger charge is -2.23. The van der Waals surface area contributed by atoms with Crippen molar-refractivity contribution in [3.05, 3.63) is 82.9 Å². The number of nitrogens with one attached hydrogen (secondary N) is 2. The van der Waals surface area contributed by atoms with Crippen LogP contribution in [-0.4, -0.2) is 63.1 Å². The first-order valence-corrected chi connectivity index (χ1v) is 13.8. The maximum Gasteiger partial charge on any atom is 0.414 e. The van der Waals surface area contributed by atoms with Crippen LogP contribution in [0.2, 0.25) is 5.02 Å². The molecule has 0 unspecified atom stereocenters. The van der Waals surface area contributed by atoms with Crippen molar-refractivity contribution < 1.29 is 19.1 Å². The van der Waals surface area contributed by atoms with E-state index in [2.05, 4.69) is 15.5 Å². The van der Waals surface area contributed by atoms with Crippen molar-refractivity contribution in [2.24, 2.45) is 0 Å². The predicted molar refractivity (Wildman–Crippen MR) is 163 cm³/mol. The van der Waals surface area contributed by atoms with Crippen LogP contribution in [0.15, 0.2) is 66.7 Å². The first kappa shape index (κ1) is 28.2. The Morgan fingerprint density at radius 1 is 1.02 bits per heavy atom. The van der Waals surface area contributed by atoms with E-state index < -0.39 is 0 Å². The summed E-state index contributed by atoms with van der Waals surface area (Å²) in [5.74, 6) is -0.274. The molecule has 9 nitrogen and oxygen atoms in total. The summed E-state index contributed by atoms with van der Waals surface area (Å²) >= 11 is 6.19. The summed E-state index contributed by atoms with van der Waals surface area (Å²) in [5, 5.41) is 6.88. The molecule has 3 amide bonds. The van der Waals surface area contributed by atoms with E-state index in [0.29, 0.717) is 47.4 Å². The third kappa shape index (κ3) is 6.21. The molecular weight excluding hydrogens is 542 g/mol. The largest absolute Gasteiger partial charge is 0.447 e. The van der Waals surface area contributed by atoms with Crippen LogP contribution in [0.5, 0.6) is 0 Å². The predicted octanol–water partition coefficient (Wildman–Crippen LogP) is 5.53. The van der Waals surface area contributed by atoms with Gasteiger partial charge in [0.25, 0.3) is 5.91 Å². The Labute approximate surface area is 244 Å². The molecular formula is C31H32ClN5O4. The Morgan fingerprint density at radius 2 is 1.76 bits per heavy atom. The van der Waals surface area contributed by atoms with Crippen LogP contribution < -0.4 is 20.4 Å². The molecule has 0 atom stereocenters. The number of nitrogens with zero attached hydrogens (tertiary/aromatic N) is 3.